The van der Waals surface area contributed by atoms with Gasteiger partial charge in [-0.3, -0.25) is 0 Å². The number of rotatable bonds is 2. The van der Waals surface area contributed by atoms with Gasteiger partial charge in [0.2, 0.25) is 0 Å². The summed E-state index contributed by atoms with van der Waals surface area (Å²) in [4.78, 5) is 0. The van der Waals surface area contributed by atoms with Crippen LogP contribution in [0.3, 0.4) is 0 Å². The summed E-state index contributed by atoms with van der Waals surface area (Å²) in [7, 11) is 0. The van der Waals surface area contributed by atoms with E-state index in [2.05, 4.69) is 6.07 Å². The molecule has 0 radical (unpaired) electrons. The van der Waals surface area contributed by atoms with Crippen molar-refractivity contribution in [2.24, 2.45) is 5.73 Å². The highest BCUT2D eigenvalue weighted by molar-refractivity contribution is 5.65. The molecule has 0 aliphatic heterocycles. The smallest absolute Gasteiger partial charge is 0.0991 e. The SMILES string of the molecule is C[C@@H](N)c1ccc(-c2cccc(C#N)c2)cc1. The molecule has 0 aliphatic carbocycles. The van der Waals surface area contributed by atoms with Gasteiger partial charge in [0.15, 0.2) is 0 Å². The van der Waals surface area contributed by atoms with Gasteiger partial charge < -0.3 is 5.73 Å². The van der Waals surface area contributed by atoms with Crippen LogP contribution in [0.2, 0.25) is 0 Å². The summed E-state index contributed by atoms with van der Waals surface area (Å²) in [6, 6.07) is 17.9. The number of hydrogen-bond donors (Lipinski definition) is 1. The fourth-order valence-electron chi connectivity index (χ4n) is 1.75. The quantitative estimate of drug-likeness (QED) is 0.848. The second kappa shape index (κ2) is 4.82. The van der Waals surface area contributed by atoms with Gasteiger partial charge in [-0.15, -0.1) is 0 Å². The molecule has 0 aromatic heterocycles. The van der Waals surface area contributed by atoms with Crippen LogP contribution < -0.4 is 5.73 Å². The first-order chi connectivity index (χ1) is 8.20. The van der Waals surface area contributed by atoms with Crippen molar-refractivity contribution in [2.75, 3.05) is 0 Å². The number of nitrogens with two attached hydrogens (primary N) is 1. The van der Waals surface area contributed by atoms with Crippen molar-refractivity contribution in [3.05, 3.63) is 59.7 Å². The molecule has 0 spiro atoms. The molecule has 0 saturated heterocycles. The second-order valence-corrected chi connectivity index (χ2v) is 4.10. The molecule has 2 rings (SSSR count). The number of nitrogens with zero attached hydrogens (tertiary/aromatic N) is 1. The summed E-state index contributed by atoms with van der Waals surface area (Å²) in [5.74, 6) is 0. The van der Waals surface area contributed by atoms with Crippen LogP contribution in [0.5, 0.6) is 0 Å². The Hall–Kier alpha value is -2.11. The van der Waals surface area contributed by atoms with Gasteiger partial charge in [0, 0.05) is 6.04 Å². The minimum atomic E-state index is 0.0505. The van der Waals surface area contributed by atoms with Gasteiger partial charge in [-0.2, -0.15) is 5.26 Å². The molecule has 0 fully saturated rings. The van der Waals surface area contributed by atoms with Gasteiger partial charge in [0.1, 0.15) is 0 Å². The van der Waals surface area contributed by atoms with E-state index in [0.717, 1.165) is 16.7 Å². The van der Waals surface area contributed by atoms with Gasteiger partial charge in [-0.05, 0) is 35.7 Å². The molecule has 0 amide bonds. The Morgan fingerprint density at radius 2 is 1.76 bits per heavy atom. The predicted octanol–water partition coefficient (Wildman–Crippen LogP) is 3.24. The normalized spacial score (nSPS) is 11.8. The van der Waals surface area contributed by atoms with Gasteiger partial charge >= 0.3 is 0 Å². The van der Waals surface area contributed by atoms with Crippen molar-refractivity contribution in [3.8, 4) is 17.2 Å². The molecule has 84 valence electrons. The monoisotopic (exact) mass is 222 g/mol. The van der Waals surface area contributed by atoms with E-state index >= 15 is 0 Å². The lowest BCUT2D eigenvalue weighted by Gasteiger charge is -2.07. The van der Waals surface area contributed by atoms with Gasteiger partial charge in [-0.1, -0.05) is 36.4 Å². The Kier molecular flexibility index (Phi) is 3.22. The highest BCUT2D eigenvalue weighted by Crippen LogP contribution is 2.22. The molecular weight excluding hydrogens is 208 g/mol. The third-order valence-electron chi connectivity index (χ3n) is 2.76. The maximum Gasteiger partial charge on any atom is 0.0991 e. The Balaban J connectivity index is 2.37. The molecule has 2 N–H and O–H groups in total. The summed E-state index contributed by atoms with van der Waals surface area (Å²) in [5.41, 5.74) is 9.76. The van der Waals surface area contributed by atoms with Gasteiger partial charge in [0.05, 0.1) is 11.6 Å². The zero-order valence-corrected chi connectivity index (χ0v) is 9.72. The molecule has 0 aliphatic rings. The zero-order valence-electron chi connectivity index (χ0n) is 9.72. The van der Waals surface area contributed by atoms with E-state index < -0.39 is 0 Å². The lowest BCUT2D eigenvalue weighted by molar-refractivity contribution is 0.818. The average Bonchev–Trinajstić information content (AvgIpc) is 2.39. The minimum Gasteiger partial charge on any atom is -0.324 e. The number of benzene rings is 2. The van der Waals surface area contributed by atoms with E-state index in [0.29, 0.717) is 5.56 Å². The van der Waals surface area contributed by atoms with Crippen molar-refractivity contribution < 1.29 is 0 Å². The first-order valence-corrected chi connectivity index (χ1v) is 5.57. The topological polar surface area (TPSA) is 49.8 Å². The van der Waals surface area contributed by atoms with Crippen LogP contribution in [0.1, 0.15) is 24.1 Å². The maximum absolute atomic E-state index is 8.86. The first kappa shape index (κ1) is 11.4. The molecular formula is C15H14N2. The average molecular weight is 222 g/mol. The van der Waals surface area contributed by atoms with Crippen molar-refractivity contribution >= 4 is 0 Å². The fraction of sp³-hybridized carbons (Fsp3) is 0.133. The summed E-state index contributed by atoms with van der Waals surface area (Å²) in [6.07, 6.45) is 0. The fourth-order valence-corrected chi connectivity index (χ4v) is 1.75. The Labute approximate surface area is 101 Å². The molecule has 0 unspecified atom stereocenters. The van der Waals surface area contributed by atoms with Crippen LogP contribution in [0.4, 0.5) is 0 Å². The largest absolute Gasteiger partial charge is 0.324 e. The van der Waals surface area contributed by atoms with E-state index in [-0.39, 0.29) is 6.04 Å². The molecule has 2 aromatic carbocycles. The van der Waals surface area contributed by atoms with Crippen LogP contribution in [0, 0.1) is 11.3 Å². The van der Waals surface area contributed by atoms with E-state index in [9.17, 15) is 0 Å². The van der Waals surface area contributed by atoms with E-state index in [1.54, 1.807) is 6.07 Å². The first-order valence-electron chi connectivity index (χ1n) is 5.57. The summed E-state index contributed by atoms with van der Waals surface area (Å²) in [5, 5.41) is 8.86. The highest BCUT2D eigenvalue weighted by Gasteiger charge is 2.01. The summed E-state index contributed by atoms with van der Waals surface area (Å²) < 4.78 is 0. The molecule has 17 heavy (non-hydrogen) atoms. The molecule has 0 heterocycles. The lowest BCUT2D eigenvalue weighted by Crippen LogP contribution is -2.04. The van der Waals surface area contributed by atoms with Crippen LogP contribution in [0.25, 0.3) is 11.1 Å². The van der Waals surface area contributed by atoms with E-state index in [1.807, 2.05) is 49.4 Å². The summed E-state index contributed by atoms with van der Waals surface area (Å²) in [6.45, 7) is 1.96. The molecule has 1 atom stereocenters. The van der Waals surface area contributed by atoms with Gasteiger partial charge in [0.25, 0.3) is 0 Å². The zero-order chi connectivity index (χ0) is 12.3. The summed E-state index contributed by atoms with van der Waals surface area (Å²) >= 11 is 0. The standard InChI is InChI=1S/C15H14N2/c1-11(17)13-5-7-14(8-6-13)15-4-2-3-12(9-15)10-16/h2-9,11H,17H2,1H3/t11-/m1/s1. The highest BCUT2D eigenvalue weighted by atomic mass is 14.6. The third-order valence-corrected chi connectivity index (χ3v) is 2.76. The van der Waals surface area contributed by atoms with Crippen LogP contribution in [0.15, 0.2) is 48.5 Å². The Bertz CT molecular complexity index is 548. The van der Waals surface area contributed by atoms with E-state index in [4.69, 9.17) is 11.0 Å². The Morgan fingerprint density at radius 1 is 1.06 bits per heavy atom. The molecule has 0 saturated carbocycles. The molecule has 2 heteroatoms. The number of nitriles is 1. The maximum atomic E-state index is 8.86. The lowest BCUT2D eigenvalue weighted by atomic mass is 10.0. The molecule has 2 nitrogen and oxygen atoms in total. The van der Waals surface area contributed by atoms with Gasteiger partial charge in [-0.25, -0.2) is 0 Å². The van der Waals surface area contributed by atoms with Crippen molar-refractivity contribution in [1.82, 2.24) is 0 Å². The molecule has 0 bridgehead atoms. The predicted molar refractivity (Wildman–Crippen MR) is 69.2 cm³/mol. The van der Waals surface area contributed by atoms with Crippen LogP contribution >= 0.6 is 0 Å². The van der Waals surface area contributed by atoms with Crippen LogP contribution in [-0.4, -0.2) is 0 Å². The second-order valence-electron chi connectivity index (χ2n) is 4.10. The number of hydrogen-bond acceptors (Lipinski definition) is 2. The van der Waals surface area contributed by atoms with E-state index in [1.165, 1.54) is 0 Å². The Morgan fingerprint density at radius 3 is 2.35 bits per heavy atom. The van der Waals surface area contributed by atoms with Crippen molar-refractivity contribution in [2.45, 2.75) is 13.0 Å². The minimum absolute atomic E-state index is 0.0505. The van der Waals surface area contributed by atoms with Crippen LogP contribution in [-0.2, 0) is 0 Å². The molecule has 2 aromatic rings. The van der Waals surface area contributed by atoms with Crippen molar-refractivity contribution in [1.29, 1.82) is 5.26 Å². The third kappa shape index (κ3) is 2.52. The van der Waals surface area contributed by atoms with Crippen molar-refractivity contribution in [3.63, 3.8) is 0 Å².